The molecular formula is C22H18IN3O. The van der Waals surface area contributed by atoms with Gasteiger partial charge in [0.1, 0.15) is 0 Å². The van der Waals surface area contributed by atoms with Crippen LogP contribution in [0.2, 0.25) is 0 Å². The average Bonchev–Trinajstić information content (AvgIpc) is 2.73. The standard InChI is InChI=1S/C22H18IN3O/c1-25-21-12-19(10-11-20(21)23)22(27)26-14-16-4-8-18(9-5-16)17-6-2-15(13-24)3-7-17/h2-12,25H,14H2,1H3,(H,26,27). The first kappa shape index (κ1) is 18.9. The number of rotatable bonds is 5. The molecule has 0 radical (unpaired) electrons. The summed E-state index contributed by atoms with van der Waals surface area (Å²) in [6.07, 6.45) is 0. The van der Waals surface area contributed by atoms with E-state index in [0.29, 0.717) is 17.7 Å². The molecular weight excluding hydrogens is 449 g/mol. The van der Waals surface area contributed by atoms with Crippen molar-refractivity contribution >= 4 is 34.2 Å². The van der Waals surface area contributed by atoms with Crippen LogP contribution in [0.1, 0.15) is 21.5 Å². The zero-order chi connectivity index (χ0) is 19.2. The number of hydrogen-bond acceptors (Lipinski definition) is 3. The van der Waals surface area contributed by atoms with Crippen molar-refractivity contribution in [2.24, 2.45) is 0 Å². The van der Waals surface area contributed by atoms with Gasteiger partial charge in [0.05, 0.1) is 11.6 Å². The Balaban J connectivity index is 1.64. The van der Waals surface area contributed by atoms with E-state index < -0.39 is 0 Å². The summed E-state index contributed by atoms with van der Waals surface area (Å²) in [6.45, 7) is 0.466. The van der Waals surface area contributed by atoms with Gasteiger partial charge in [-0.1, -0.05) is 36.4 Å². The molecule has 3 aromatic carbocycles. The summed E-state index contributed by atoms with van der Waals surface area (Å²) in [5.74, 6) is -0.0981. The predicted octanol–water partition coefficient (Wildman–Crippen LogP) is 4.80. The molecule has 1 amide bonds. The molecule has 0 atom stereocenters. The molecule has 4 nitrogen and oxygen atoms in total. The lowest BCUT2D eigenvalue weighted by molar-refractivity contribution is 0.0951. The van der Waals surface area contributed by atoms with Crippen molar-refractivity contribution in [3.63, 3.8) is 0 Å². The highest BCUT2D eigenvalue weighted by atomic mass is 127. The minimum absolute atomic E-state index is 0.0981. The minimum Gasteiger partial charge on any atom is -0.387 e. The molecule has 0 heterocycles. The topological polar surface area (TPSA) is 64.9 Å². The van der Waals surface area contributed by atoms with Gasteiger partial charge in [-0.05, 0) is 69.6 Å². The number of anilines is 1. The Bertz CT molecular complexity index is 990. The normalized spacial score (nSPS) is 10.1. The van der Waals surface area contributed by atoms with E-state index in [1.54, 1.807) is 0 Å². The van der Waals surface area contributed by atoms with Crippen molar-refractivity contribution in [1.82, 2.24) is 5.32 Å². The summed E-state index contributed by atoms with van der Waals surface area (Å²) < 4.78 is 1.07. The number of halogens is 1. The van der Waals surface area contributed by atoms with E-state index in [1.165, 1.54) is 0 Å². The second kappa shape index (κ2) is 8.69. The molecule has 0 fully saturated rings. The Morgan fingerprint density at radius 1 is 1.00 bits per heavy atom. The second-order valence-electron chi connectivity index (χ2n) is 6.01. The van der Waals surface area contributed by atoms with Crippen LogP contribution in [0.25, 0.3) is 11.1 Å². The van der Waals surface area contributed by atoms with E-state index in [2.05, 4.69) is 39.3 Å². The molecule has 134 valence electrons. The predicted molar refractivity (Wildman–Crippen MR) is 116 cm³/mol. The van der Waals surface area contributed by atoms with Gasteiger partial charge in [0.15, 0.2) is 0 Å². The van der Waals surface area contributed by atoms with Crippen molar-refractivity contribution < 1.29 is 4.79 Å². The molecule has 0 bridgehead atoms. The Hall–Kier alpha value is -2.85. The largest absolute Gasteiger partial charge is 0.387 e. The van der Waals surface area contributed by atoms with Crippen molar-refractivity contribution in [2.45, 2.75) is 6.54 Å². The lowest BCUT2D eigenvalue weighted by Crippen LogP contribution is -2.22. The van der Waals surface area contributed by atoms with Crippen LogP contribution in [0.3, 0.4) is 0 Å². The fourth-order valence-electron chi connectivity index (χ4n) is 2.69. The second-order valence-corrected chi connectivity index (χ2v) is 7.18. The Kier molecular flexibility index (Phi) is 6.09. The molecule has 2 N–H and O–H groups in total. The van der Waals surface area contributed by atoms with Gasteiger partial charge in [0.25, 0.3) is 5.91 Å². The summed E-state index contributed by atoms with van der Waals surface area (Å²) >= 11 is 2.23. The number of nitrogens with one attached hydrogen (secondary N) is 2. The van der Waals surface area contributed by atoms with Crippen LogP contribution < -0.4 is 10.6 Å². The molecule has 5 heteroatoms. The van der Waals surface area contributed by atoms with Crippen LogP contribution in [0.5, 0.6) is 0 Å². The number of hydrogen-bond donors (Lipinski definition) is 2. The van der Waals surface area contributed by atoms with E-state index in [9.17, 15) is 4.79 Å². The number of nitrogens with zero attached hydrogens (tertiary/aromatic N) is 1. The molecule has 0 aliphatic carbocycles. The zero-order valence-electron chi connectivity index (χ0n) is 14.8. The zero-order valence-corrected chi connectivity index (χ0v) is 16.9. The SMILES string of the molecule is CNc1cc(C(=O)NCc2ccc(-c3ccc(C#N)cc3)cc2)ccc1I. The maximum absolute atomic E-state index is 12.4. The number of carbonyl (C=O) groups excluding carboxylic acids is 1. The molecule has 0 saturated carbocycles. The van der Waals surface area contributed by atoms with Gasteiger partial charge in [-0.3, -0.25) is 4.79 Å². The van der Waals surface area contributed by atoms with E-state index >= 15 is 0 Å². The van der Waals surface area contributed by atoms with Crippen LogP contribution in [-0.2, 0) is 6.54 Å². The average molecular weight is 467 g/mol. The third kappa shape index (κ3) is 4.66. The maximum Gasteiger partial charge on any atom is 0.251 e. The van der Waals surface area contributed by atoms with Crippen LogP contribution in [0.15, 0.2) is 66.7 Å². The van der Waals surface area contributed by atoms with Gasteiger partial charge in [-0.2, -0.15) is 5.26 Å². The molecule has 0 spiro atoms. The molecule has 0 unspecified atom stereocenters. The lowest BCUT2D eigenvalue weighted by Gasteiger charge is -2.09. The van der Waals surface area contributed by atoms with Gasteiger partial charge in [-0.25, -0.2) is 0 Å². The molecule has 0 aromatic heterocycles. The van der Waals surface area contributed by atoms with Gasteiger partial charge in [0, 0.05) is 28.4 Å². The number of carbonyl (C=O) groups is 1. The number of benzene rings is 3. The van der Waals surface area contributed by atoms with Gasteiger partial charge in [0.2, 0.25) is 0 Å². The van der Waals surface area contributed by atoms with E-state index in [-0.39, 0.29) is 5.91 Å². The fourth-order valence-corrected chi connectivity index (χ4v) is 3.30. The summed E-state index contributed by atoms with van der Waals surface area (Å²) in [4.78, 5) is 12.4. The highest BCUT2D eigenvalue weighted by molar-refractivity contribution is 14.1. The van der Waals surface area contributed by atoms with Crippen molar-refractivity contribution in [3.8, 4) is 17.2 Å². The van der Waals surface area contributed by atoms with Crippen LogP contribution in [0, 0.1) is 14.9 Å². The Morgan fingerprint density at radius 2 is 1.63 bits per heavy atom. The third-order valence-corrected chi connectivity index (χ3v) is 5.19. The first-order chi connectivity index (χ1) is 13.1. The summed E-state index contributed by atoms with van der Waals surface area (Å²) in [5.41, 5.74) is 5.38. The molecule has 0 aliphatic heterocycles. The highest BCUT2D eigenvalue weighted by Crippen LogP contribution is 2.21. The first-order valence-corrected chi connectivity index (χ1v) is 9.53. The molecule has 3 rings (SSSR count). The van der Waals surface area contributed by atoms with Crippen molar-refractivity contribution in [3.05, 3.63) is 87.0 Å². The summed E-state index contributed by atoms with van der Waals surface area (Å²) in [5, 5.41) is 14.9. The van der Waals surface area contributed by atoms with Gasteiger partial charge >= 0.3 is 0 Å². The molecule has 0 aliphatic rings. The summed E-state index contributed by atoms with van der Waals surface area (Å²) in [7, 11) is 1.84. The highest BCUT2D eigenvalue weighted by Gasteiger charge is 2.08. The van der Waals surface area contributed by atoms with E-state index in [0.717, 1.165) is 25.9 Å². The lowest BCUT2D eigenvalue weighted by atomic mass is 10.0. The monoisotopic (exact) mass is 467 g/mol. The first-order valence-electron chi connectivity index (χ1n) is 8.45. The smallest absolute Gasteiger partial charge is 0.251 e. The molecule has 27 heavy (non-hydrogen) atoms. The Labute approximate surface area is 172 Å². The van der Waals surface area contributed by atoms with Crippen LogP contribution >= 0.6 is 22.6 Å². The van der Waals surface area contributed by atoms with E-state index in [4.69, 9.17) is 5.26 Å². The fraction of sp³-hybridized carbons (Fsp3) is 0.0909. The maximum atomic E-state index is 12.4. The Morgan fingerprint density at radius 3 is 2.22 bits per heavy atom. The summed E-state index contributed by atoms with van der Waals surface area (Å²) in [6, 6.07) is 23.3. The number of amides is 1. The quantitative estimate of drug-likeness (QED) is 0.530. The van der Waals surface area contributed by atoms with Crippen molar-refractivity contribution in [1.29, 1.82) is 5.26 Å². The molecule has 3 aromatic rings. The number of nitriles is 1. The van der Waals surface area contributed by atoms with E-state index in [1.807, 2.05) is 73.8 Å². The third-order valence-electron chi connectivity index (χ3n) is 4.25. The molecule has 0 saturated heterocycles. The van der Waals surface area contributed by atoms with Crippen molar-refractivity contribution in [2.75, 3.05) is 12.4 Å². The van der Waals surface area contributed by atoms with Crippen LogP contribution in [-0.4, -0.2) is 13.0 Å². The van der Waals surface area contributed by atoms with Gasteiger partial charge < -0.3 is 10.6 Å². The minimum atomic E-state index is -0.0981. The van der Waals surface area contributed by atoms with Gasteiger partial charge in [-0.15, -0.1) is 0 Å². The van der Waals surface area contributed by atoms with Crippen LogP contribution in [0.4, 0.5) is 5.69 Å².